The fraction of sp³-hybridized carbons (Fsp3) is 0.259. The summed E-state index contributed by atoms with van der Waals surface area (Å²) in [6.45, 7) is 3.50. The lowest BCUT2D eigenvalue weighted by molar-refractivity contribution is 0.0162. The monoisotopic (exact) mass is 457 g/mol. The summed E-state index contributed by atoms with van der Waals surface area (Å²) in [4.78, 5) is 15.5. The number of methoxy groups -OCH3 is 1. The normalized spacial score (nSPS) is 15.2. The molecule has 3 aromatic carbocycles. The molecule has 1 aliphatic heterocycles. The average molecular weight is 458 g/mol. The summed E-state index contributed by atoms with van der Waals surface area (Å²) >= 11 is 0. The second-order valence-corrected chi connectivity index (χ2v) is 8.26. The molecular formula is C27H27N3O4. The third-order valence-corrected chi connectivity index (χ3v) is 6.22. The van der Waals surface area contributed by atoms with Crippen LogP contribution in [0.4, 0.5) is 0 Å². The van der Waals surface area contributed by atoms with Gasteiger partial charge in [0, 0.05) is 30.8 Å². The SMILES string of the molecule is COc1ccc([C@@H](CNC(=O)c2ccc3noc(-c4ccccc4)c3c2)N2CCOCC2)cc1. The molecule has 34 heavy (non-hydrogen) atoms. The van der Waals surface area contributed by atoms with Gasteiger partial charge in [0.15, 0.2) is 5.76 Å². The maximum Gasteiger partial charge on any atom is 0.251 e. The third kappa shape index (κ3) is 4.66. The maximum atomic E-state index is 13.2. The molecule has 0 aliphatic carbocycles. The van der Waals surface area contributed by atoms with E-state index in [0.717, 1.165) is 40.9 Å². The van der Waals surface area contributed by atoms with E-state index in [-0.39, 0.29) is 11.9 Å². The number of aromatic nitrogens is 1. The molecule has 1 amide bonds. The van der Waals surface area contributed by atoms with Gasteiger partial charge >= 0.3 is 0 Å². The number of hydrogen-bond acceptors (Lipinski definition) is 6. The number of nitrogens with one attached hydrogen (secondary N) is 1. The van der Waals surface area contributed by atoms with Crippen molar-refractivity contribution >= 4 is 16.8 Å². The molecule has 7 nitrogen and oxygen atoms in total. The number of hydrogen-bond donors (Lipinski definition) is 1. The zero-order valence-corrected chi connectivity index (χ0v) is 19.1. The first kappa shape index (κ1) is 22.1. The van der Waals surface area contributed by atoms with Gasteiger partial charge in [-0.15, -0.1) is 0 Å². The molecule has 1 N–H and O–H groups in total. The van der Waals surface area contributed by atoms with Gasteiger partial charge < -0.3 is 19.3 Å². The number of carbonyl (C=O) groups excluding carboxylic acids is 1. The van der Waals surface area contributed by atoms with Crippen molar-refractivity contribution in [2.24, 2.45) is 0 Å². The highest BCUT2D eigenvalue weighted by Gasteiger charge is 2.24. The van der Waals surface area contributed by atoms with Crippen LogP contribution in [0.15, 0.2) is 77.3 Å². The molecule has 1 atom stereocenters. The number of fused-ring (bicyclic) bond motifs is 1. The van der Waals surface area contributed by atoms with E-state index in [0.29, 0.717) is 31.1 Å². The Hall–Kier alpha value is -3.68. The minimum Gasteiger partial charge on any atom is -0.497 e. The Bertz CT molecular complexity index is 1250. The Labute approximate surface area is 198 Å². The zero-order chi connectivity index (χ0) is 23.3. The van der Waals surface area contributed by atoms with Gasteiger partial charge in [0.25, 0.3) is 5.91 Å². The van der Waals surface area contributed by atoms with Crippen molar-refractivity contribution in [2.45, 2.75) is 6.04 Å². The molecule has 1 fully saturated rings. The van der Waals surface area contributed by atoms with Gasteiger partial charge in [0.1, 0.15) is 11.3 Å². The number of ether oxygens (including phenoxy) is 2. The van der Waals surface area contributed by atoms with Crippen LogP contribution in [0, 0.1) is 0 Å². The molecule has 174 valence electrons. The summed E-state index contributed by atoms with van der Waals surface area (Å²) < 4.78 is 16.4. The lowest BCUT2D eigenvalue weighted by Crippen LogP contribution is -2.43. The molecule has 0 radical (unpaired) electrons. The number of carbonyl (C=O) groups is 1. The number of rotatable bonds is 7. The first-order valence-corrected chi connectivity index (χ1v) is 11.4. The van der Waals surface area contributed by atoms with Crippen molar-refractivity contribution in [3.63, 3.8) is 0 Å². The average Bonchev–Trinajstić information content (AvgIpc) is 3.33. The lowest BCUT2D eigenvalue weighted by atomic mass is 10.0. The van der Waals surface area contributed by atoms with Gasteiger partial charge in [0.05, 0.1) is 31.8 Å². The summed E-state index contributed by atoms with van der Waals surface area (Å²) in [5.74, 6) is 1.34. The van der Waals surface area contributed by atoms with E-state index >= 15 is 0 Å². The molecule has 0 unspecified atom stereocenters. The second kappa shape index (κ2) is 10.1. The molecule has 0 spiro atoms. The van der Waals surface area contributed by atoms with Gasteiger partial charge in [-0.25, -0.2) is 0 Å². The Morgan fingerprint density at radius 3 is 2.56 bits per heavy atom. The minimum atomic E-state index is -0.131. The predicted octanol–water partition coefficient (Wildman–Crippen LogP) is 4.31. The van der Waals surface area contributed by atoms with Gasteiger partial charge in [0.2, 0.25) is 0 Å². The minimum absolute atomic E-state index is 0.0398. The maximum absolute atomic E-state index is 13.2. The van der Waals surface area contributed by atoms with Crippen molar-refractivity contribution in [1.29, 1.82) is 0 Å². The van der Waals surface area contributed by atoms with Crippen molar-refractivity contribution in [3.05, 3.63) is 83.9 Å². The molecular weight excluding hydrogens is 430 g/mol. The first-order valence-electron chi connectivity index (χ1n) is 11.4. The first-order chi connectivity index (χ1) is 16.7. The predicted molar refractivity (Wildman–Crippen MR) is 130 cm³/mol. The fourth-order valence-electron chi connectivity index (χ4n) is 4.34. The van der Waals surface area contributed by atoms with E-state index in [2.05, 4.69) is 27.5 Å². The van der Waals surface area contributed by atoms with Crippen LogP contribution in [0.25, 0.3) is 22.2 Å². The second-order valence-electron chi connectivity index (χ2n) is 8.26. The van der Waals surface area contributed by atoms with E-state index < -0.39 is 0 Å². The molecule has 1 aliphatic rings. The quantitative estimate of drug-likeness (QED) is 0.446. The van der Waals surface area contributed by atoms with Crippen LogP contribution in [0.3, 0.4) is 0 Å². The van der Waals surface area contributed by atoms with Crippen LogP contribution < -0.4 is 10.1 Å². The van der Waals surface area contributed by atoms with Crippen LogP contribution in [-0.2, 0) is 4.74 Å². The van der Waals surface area contributed by atoms with E-state index in [1.807, 2.05) is 54.6 Å². The summed E-state index contributed by atoms with van der Waals surface area (Å²) in [6, 6.07) is 23.3. The molecule has 0 saturated carbocycles. The van der Waals surface area contributed by atoms with E-state index in [1.165, 1.54) is 0 Å². The molecule has 4 aromatic rings. The van der Waals surface area contributed by atoms with Crippen molar-refractivity contribution in [3.8, 4) is 17.1 Å². The van der Waals surface area contributed by atoms with Gasteiger partial charge in [-0.2, -0.15) is 0 Å². The lowest BCUT2D eigenvalue weighted by Gasteiger charge is -2.35. The van der Waals surface area contributed by atoms with E-state index in [9.17, 15) is 4.79 Å². The number of amides is 1. The Morgan fingerprint density at radius 1 is 1.06 bits per heavy atom. The van der Waals surface area contributed by atoms with Crippen molar-refractivity contribution < 1.29 is 18.8 Å². The summed E-state index contributed by atoms with van der Waals surface area (Å²) in [5, 5.41) is 8.10. The topological polar surface area (TPSA) is 76.8 Å². The zero-order valence-electron chi connectivity index (χ0n) is 19.1. The van der Waals surface area contributed by atoms with Crippen LogP contribution in [0.1, 0.15) is 22.0 Å². The summed E-state index contributed by atoms with van der Waals surface area (Å²) in [5.41, 5.74) is 3.35. The van der Waals surface area contributed by atoms with Crippen LogP contribution in [0.5, 0.6) is 5.75 Å². The van der Waals surface area contributed by atoms with Crippen molar-refractivity contribution in [1.82, 2.24) is 15.4 Å². The van der Waals surface area contributed by atoms with Gasteiger partial charge in [-0.3, -0.25) is 9.69 Å². The highest BCUT2D eigenvalue weighted by atomic mass is 16.5. The molecule has 5 rings (SSSR count). The smallest absolute Gasteiger partial charge is 0.251 e. The van der Waals surface area contributed by atoms with E-state index in [4.69, 9.17) is 14.0 Å². The van der Waals surface area contributed by atoms with Gasteiger partial charge in [-0.05, 0) is 35.9 Å². The van der Waals surface area contributed by atoms with Crippen molar-refractivity contribution in [2.75, 3.05) is 40.0 Å². The Morgan fingerprint density at radius 2 is 1.82 bits per heavy atom. The number of nitrogens with zero attached hydrogens (tertiary/aromatic N) is 2. The van der Waals surface area contributed by atoms with Crippen LogP contribution in [-0.4, -0.2) is 55.9 Å². The number of benzene rings is 3. The van der Waals surface area contributed by atoms with Gasteiger partial charge in [-0.1, -0.05) is 47.6 Å². The largest absolute Gasteiger partial charge is 0.497 e. The molecule has 7 heteroatoms. The summed E-state index contributed by atoms with van der Waals surface area (Å²) in [6.07, 6.45) is 0. The summed E-state index contributed by atoms with van der Waals surface area (Å²) in [7, 11) is 1.66. The third-order valence-electron chi connectivity index (χ3n) is 6.22. The Kier molecular flexibility index (Phi) is 6.56. The highest BCUT2D eigenvalue weighted by Crippen LogP contribution is 2.29. The molecule has 1 saturated heterocycles. The number of morpholine rings is 1. The van der Waals surface area contributed by atoms with Crippen LogP contribution >= 0.6 is 0 Å². The highest BCUT2D eigenvalue weighted by molar-refractivity contribution is 6.01. The molecule has 1 aromatic heterocycles. The standard InChI is InChI=1S/C27H27N3O4/c1-32-22-10-7-19(8-11-22)25(30-13-15-33-16-14-30)18-28-27(31)21-9-12-24-23(17-21)26(34-29-24)20-5-3-2-4-6-20/h2-12,17,25H,13-16,18H2,1H3,(H,28,31)/t25-/m1/s1. The molecule has 2 heterocycles. The fourth-order valence-corrected chi connectivity index (χ4v) is 4.34. The molecule has 0 bridgehead atoms. The van der Waals surface area contributed by atoms with E-state index in [1.54, 1.807) is 13.2 Å². The Balaban J connectivity index is 1.36. The van der Waals surface area contributed by atoms with Crippen LogP contribution in [0.2, 0.25) is 0 Å².